The van der Waals surface area contributed by atoms with Gasteiger partial charge in [0.15, 0.2) is 0 Å². The number of anilines is 1. The van der Waals surface area contributed by atoms with Crippen LogP contribution in [-0.4, -0.2) is 5.91 Å². The maximum atomic E-state index is 12.7. The molecule has 3 aromatic rings. The van der Waals surface area contributed by atoms with E-state index in [1.54, 1.807) is 30.3 Å². The Labute approximate surface area is 195 Å². The van der Waals surface area contributed by atoms with Crippen molar-refractivity contribution in [1.82, 2.24) is 0 Å². The molecule has 3 rings (SSSR count). The highest BCUT2D eigenvalue weighted by molar-refractivity contribution is 6.36. The van der Waals surface area contributed by atoms with E-state index in [9.17, 15) is 10.1 Å². The fourth-order valence-electron chi connectivity index (χ4n) is 2.78. The van der Waals surface area contributed by atoms with E-state index in [0.29, 0.717) is 27.0 Å². The quantitative estimate of drug-likeness (QED) is 0.308. The fraction of sp³-hybridized carbons (Fsp3) is 0.0833. The summed E-state index contributed by atoms with van der Waals surface area (Å²) in [5, 5.41) is 13.6. The first-order valence-corrected chi connectivity index (χ1v) is 10.4. The van der Waals surface area contributed by atoms with Crippen LogP contribution in [-0.2, 0) is 11.4 Å². The molecular weight excluding hydrogens is 455 g/mol. The zero-order valence-electron chi connectivity index (χ0n) is 16.5. The number of hydrogen-bond donors (Lipinski definition) is 1. The number of benzene rings is 3. The Kier molecular flexibility index (Phi) is 7.59. The van der Waals surface area contributed by atoms with Crippen LogP contribution in [0.3, 0.4) is 0 Å². The summed E-state index contributed by atoms with van der Waals surface area (Å²) in [5.41, 5.74) is 2.69. The molecule has 0 unspecified atom stereocenters. The zero-order chi connectivity index (χ0) is 22.4. The van der Waals surface area contributed by atoms with Crippen molar-refractivity contribution in [3.63, 3.8) is 0 Å². The number of nitrogens with one attached hydrogen (secondary N) is 1. The van der Waals surface area contributed by atoms with E-state index >= 15 is 0 Å². The molecule has 0 bridgehead atoms. The molecule has 0 saturated carbocycles. The van der Waals surface area contributed by atoms with Gasteiger partial charge in [0, 0.05) is 21.3 Å². The molecule has 0 fully saturated rings. The number of amides is 1. The molecule has 0 spiro atoms. The summed E-state index contributed by atoms with van der Waals surface area (Å²) in [6.07, 6.45) is 1.41. The molecule has 7 heteroatoms. The van der Waals surface area contributed by atoms with Gasteiger partial charge in [0.1, 0.15) is 24.0 Å². The third kappa shape index (κ3) is 6.02. The van der Waals surface area contributed by atoms with Crippen LogP contribution >= 0.6 is 34.8 Å². The van der Waals surface area contributed by atoms with Gasteiger partial charge in [0.05, 0.1) is 5.02 Å². The first kappa shape index (κ1) is 22.7. The van der Waals surface area contributed by atoms with Crippen molar-refractivity contribution in [2.24, 2.45) is 0 Å². The van der Waals surface area contributed by atoms with Crippen LogP contribution in [0.4, 0.5) is 5.69 Å². The van der Waals surface area contributed by atoms with E-state index in [1.165, 1.54) is 12.1 Å². The number of carbonyl (C=O) groups excluding carboxylic acids is 1. The standard InChI is InChI=1S/C24H17Cl3N2O2/c1-15-4-2-3-5-22(15)29-24(30)18(13-28)10-17-11-20(26)12-21(27)23(17)31-14-16-6-8-19(25)9-7-16/h2-12H,14H2,1H3,(H,29,30)/b18-10+. The predicted octanol–water partition coefficient (Wildman–Crippen LogP) is 7.08. The molecule has 0 atom stereocenters. The van der Waals surface area contributed by atoms with Gasteiger partial charge in [-0.25, -0.2) is 0 Å². The number of carbonyl (C=O) groups is 1. The Morgan fingerprint density at radius 3 is 2.45 bits per heavy atom. The van der Waals surface area contributed by atoms with E-state index in [0.717, 1.165) is 11.1 Å². The van der Waals surface area contributed by atoms with Gasteiger partial charge in [-0.05, 0) is 54.5 Å². The zero-order valence-corrected chi connectivity index (χ0v) is 18.7. The first-order valence-electron chi connectivity index (χ1n) is 9.22. The lowest BCUT2D eigenvalue weighted by Crippen LogP contribution is -2.14. The van der Waals surface area contributed by atoms with Crippen molar-refractivity contribution < 1.29 is 9.53 Å². The number of halogens is 3. The Morgan fingerprint density at radius 2 is 1.77 bits per heavy atom. The average Bonchev–Trinajstić information content (AvgIpc) is 2.74. The van der Waals surface area contributed by atoms with Crippen molar-refractivity contribution in [3.05, 3.63) is 98.0 Å². The second kappa shape index (κ2) is 10.4. The largest absolute Gasteiger partial charge is 0.487 e. The normalized spacial score (nSPS) is 11.0. The number of nitriles is 1. The minimum atomic E-state index is -0.545. The van der Waals surface area contributed by atoms with Gasteiger partial charge in [-0.15, -0.1) is 0 Å². The molecule has 0 aliphatic carbocycles. The van der Waals surface area contributed by atoms with Crippen molar-refractivity contribution >= 4 is 52.5 Å². The van der Waals surface area contributed by atoms with Crippen molar-refractivity contribution in [1.29, 1.82) is 5.26 Å². The summed E-state index contributed by atoms with van der Waals surface area (Å²) in [7, 11) is 0. The molecule has 156 valence electrons. The summed E-state index contributed by atoms with van der Waals surface area (Å²) in [6.45, 7) is 2.08. The summed E-state index contributed by atoms with van der Waals surface area (Å²) >= 11 is 18.4. The van der Waals surface area contributed by atoms with Crippen molar-refractivity contribution in [2.75, 3.05) is 5.32 Å². The van der Waals surface area contributed by atoms with Gasteiger partial charge < -0.3 is 10.1 Å². The van der Waals surface area contributed by atoms with Crippen molar-refractivity contribution in [2.45, 2.75) is 13.5 Å². The average molecular weight is 472 g/mol. The Bertz CT molecular complexity index is 1180. The molecule has 0 radical (unpaired) electrons. The minimum Gasteiger partial charge on any atom is -0.487 e. The Balaban J connectivity index is 1.89. The number of ether oxygens (including phenoxy) is 1. The Morgan fingerprint density at radius 1 is 1.06 bits per heavy atom. The molecule has 0 heterocycles. The smallest absolute Gasteiger partial charge is 0.266 e. The molecule has 0 aromatic heterocycles. The number of aryl methyl sites for hydroxylation is 1. The van der Waals surface area contributed by atoms with Crippen molar-refractivity contribution in [3.8, 4) is 11.8 Å². The summed E-state index contributed by atoms with van der Waals surface area (Å²) in [6, 6.07) is 19.5. The monoisotopic (exact) mass is 470 g/mol. The van der Waals surface area contributed by atoms with Gasteiger partial charge in [0.25, 0.3) is 5.91 Å². The van der Waals surface area contributed by atoms with Gasteiger partial charge in [-0.3, -0.25) is 4.79 Å². The SMILES string of the molecule is Cc1ccccc1NC(=O)/C(C#N)=C/c1cc(Cl)cc(Cl)c1OCc1ccc(Cl)cc1. The van der Waals surface area contributed by atoms with E-state index in [4.69, 9.17) is 39.5 Å². The molecule has 0 aliphatic rings. The van der Waals surface area contributed by atoms with Gasteiger partial charge >= 0.3 is 0 Å². The van der Waals surface area contributed by atoms with Crippen LogP contribution < -0.4 is 10.1 Å². The van der Waals surface area contributed by atoms with Gasteiger partial charge in [0.2, 0.25) is 0 Å². The molecule has 1 N–H and O–H groups in total. The molecule has 3 aromatic carbocycles. The van der Waals surface area contributed by atoms with Gasteiger partial charge in [-0.2, -0.15) is 5.26 Å². The molecule has 4 nitrogen and oxygen atoms in total. The third-order valence-corrected chi connectivity index (χ3v) is 5.14. The topological polar surface area (TPSA) is 62.1 Å². The van der Waals surface area contributed by atoms with E-state index in [2.05, 4.69) is 5.32 Å². The van der Waals surface area contributed by atoms with Gasteiger partial charge in [-0.1, -0.05) is 65.1 Å². The lowest BCUT2D eigenvalue weighted by Gasteiger charge is -2.13. The van der Waals surface area contributed by atoms with E-state index in [1.807, 2.05) is 37.3 Å². The molecular formula is C24H17Cl3N2O2. The number of rotatable bonds is 6. The lowest BCUT2D eigenvalue weighted by atomic mass is 10.1. The highest BCUT2D eigenvalue weighted by atomic mass is 35.5. The van der Waals surface area contributed by atoms with Crippen LogP contribution in [0.25, 0.3) is 6.08 Å². The highest BCUT2D eigenvalue weighted by Crippen LogP contribution is 2.34. The summed E-state index contributed by atoms with van der Waals surface area (Å²) in [4.78, 5) is 12.7. The molecule has 0 aliphatic heterocycles. The third-order valence-electron chi connectivity index (χ3n) is 4.39. The van der Waals surface area contributed by atoms with Crippen LogP contribution in [0.15, 0.2) is 66.2 Å². The number of nitrogens with zero attached hydrogens (tertiary/aromatic N) is 1. The van der Waals surface area contributed by atoms with Crippen LogP contribution in [0.5, 0.6) is 5.75 Å². The highest BCUT2D eigenvalue weighted by Gasteiger charge is 2.15. The second-order valence-electron chi connectivity index (χ2n) is 6.66. The molecule has 1 amide bonds. The van der Waals surface area contributed by atoms with E-state index < -0.39 is 5.91 Å². The lowest BCUT2D eigenvalue weighted by molar-refractivity contribution is -0.112. The maximum absolute atomic E-state index is 12.7. The molecule has 31 heavy (non-hydrogen) atoms. The maximum Gasteiger partial charge on any atom is 0.266 e. The fourth-order valence-corrected chi connectivity index (χ4v) is 3.47. The minimum absolute atomic E-state index is 0.113. The van der Waals surface area contributed by atoms with Crippen LogP contribution in [0.2, 0.25) is 15.1 Å². The molecule has 0 saturated heterocycles. The summed E-state index contributed by atoms with van der Waals surface area (Å²) < 4.78 is 5.89. The van der Waals surface area contributed by atoms with Crippen LogP contribution in [0.1, 0.15) is 16.7 Å². The van der Waals surface area contributed by atoms with Crippen LogP contribution in [0, 0.1) is 18.3 Å². The Hall–Kier alpha value is -2.97. The predicted molar refractivity (Wildman–Crippen MR) is 126 cm³/mol. The number of hydrogen-bond acceptors (Lipinski definition) is 3. The number of para-hydroxylation sites is 1. The first-order chi connectivity index (χ1) is 14.9. The second-order valence-corrected chi connectivity index (χ2v) is 7.94. The van der Waals surface area contributed by atoms with E-state index in [-0.39, 0.29) is 17.2 Å². The summed E-state index contributed by atoms with van der Waals surface area (Å²) in [5.74, 6) is -0.228.